The summed E-state index contributed by atoms with van der Waals surface area (Å²) in [5.74, 6) is -1.04. The summed E-state index contributed by atoms with van der Waals surface area (Å²) in [6.07, 6.45) is 3.03. The van der Waals surface area contributed by atoms with Crippen LogP contribution in [-0.4, -0.2) is 25.9 Å². The van der Waals surface area contributed by atoms with Crippen LogP contribution in [-0.2, 0) is 0 Å². The predicted octanol–water partition coefficient (Wildman–Crippen LogP) is 1.44. The third kappa shape index (κ3) is 2.68. The van der Waals surface area contributed by atoms with Crippen LogP contribution in [0.1, 0.15) is 10.5 Å². The molecule has 0 radical (unpaired) electrons. The molecule has 0 amide bonds. The first kappa shape index (κ1) is 13.9. The van der Waals surface area contributed by atoms with Gasteiger partial charge >= 0.3 is 5.97 Å². The van der Waals surface area contributed by atoms with Crippen molar-refractivity contribution in [3.05, 3.63) is 35.2 Å². The van der Waals surface area contributed by atoms with Crippen LogP contribution < -0.4 is 0 Å². The van der Waals surface area contributed by atoms with Crippen LogP contribution in [0.5, 0.6) is 0 Å². The Morgan fingerprint density at radius 2 is 2.07 bits per heavy atom. The summed E-state index contributed by atoms with van der Waals surface area (Å²) < 4.78 is 1.58. The molecule has 0 saturated carbocycles. The van der Waals surface area contributed by atoms with E-state index < -0.39 is 5.97 Å². The standard InChI is InChI=1S/C8H5ClN2O2.BrH.H2O/c9-5-1-2-7-10-6(8(12)13)4-11(7)3-5;;/h1-4H,(H,12,13);1H;1H2. The number of hydrogen-bond donors (Lipinski definition) is 1. The van der Waals surface area contributed by atoms with E-state index in [0.717, 1.165) is 0 Å². The third-order valence-electron chi connectivity index (χ3n) is 1.63. The molecule has 0 aliphatic heterocycles. The van der Waals surface area contributed by atoms with Gasteiger partial charge in [0.2, 0.25) is 0 Å². The highest BCUT2D eigenvalue weighted by atomic mass is 79.9. The Morgan fingerprint density at radius 1 is 1.40 bits per heavy atom. The van der Waals surface area contributed by atoms with Crippen molar-refractivity contribution in [2.45, 2.75) is 0 Å². The molecule has 0 bridgehead atoms. The maximum absolute atomic E-state index is 10.5. The normalized spacial score (nSPS) is 9.13. The summed E-state index contributed by atoms with van der Waals surface area (Å²) in [6.45, 7) is 0. The Hall–Kier alpha value is -1.11. The molecule has 0 aliphatic rings. The highest BCUT2D eigenvalue weighted by Crippen LogP contribution is 2.11. The Balaban J connectivity index is 0.000000980. The molecule has 7 heteroatoms. The third-order valence-corrected chi connectivity index (χ3v) is 1.86. The molecule has 15 heavy (non-hydrogen) atoms. The summed E-state index contributed by atoms with van der Waals surface area (Å²) >= 11 is 5.71. The van der Waals surface area contributed by atoms with Crippen LogP contribution in [0.2, 0.25) is 5.02 Å². The highest BCUT2D eigenvalue weighted by Gasteiger charge is 2.07. The van der Waals surface area contributed by atoms with Crippen LogP contribution in [0, 0.1) is 0 Å². The molecule has 0 aliphatic carbocycles. The molecule has 2 heterocycles. The summed E-state index contributed by atoms with van der Waals surface area (Å²) in [6, 6.07) is 3.32. The number of carboxylic acid groups (broad SMARTS) is 1. The number of nitrogens with zero attached hydrogens (tertiary/aromatic N) is 2. The van der Waals surface area contributed by atoms with Crippen molar-refractivity contribution in [3.8, 4) is 0 Å². The first-order valence-electron chi connectivity index (χ1n) is 3.54. The summed E-state index contributed by atoms with van der Waals surface area (Å²) in [7, 11) is 0. The fourth-order valence-corrected chi connectivity index (χ4v) is 1.24. The monoisotopic (exact) mass is 294 g/mol. The lowest BCUT2D eigenvalue weighted by molar-refractivity contribution is 0.0691. The van der Waals surface area contributed by atoms with E-state index in [9.17, 15) is 4.79 Å². The second-order valence-corrected chi connectivity index (χ2v) is 2.98. The van der Waals surface area contributed by atoms with E-state index in [-0.39, 0.29) is 28.2 Å². The summed E-state index contributed by atoms with van der Waals surface area (Å²) in [5, 5.41) is 9.19. The van der Waals surface area contributed by atoms with Crippen molar-refractivity contribution >= 4 is 40.2 Å². The number of carboxylic acids is 1. The van der Waals surface area contributed by atoms with Crippen molar-refractivity contribution in [3.63, 3.8) is 0 Å². The number of carbonyl (C=O) groups is 1. The Labute approximate surface area is 100 Å². The van der Waals surface area contributed by atoms with Gasteiger partial charge in [0.25, 0.3) is 0 Å². The van der Waals surface area contributed by atoms with Crippen molar-refractivity contribution in [2.75, 3.05) is 0 Å². The van der Waals surface area contributed by atoms with E-state index in [0.29, 0.717) is 10.7 Å². The zero-order valence-corrected chi connectivity index (χ0v) is 9.81. The van der Waals surface area contributed by atoms with Gasteiger partial charge in [0.15, 0.2) is 5.69 Å². The van der Waals surface area contributed by atoms with E-state index in [1.807, 2.05) is 0 Å². The lowest BCUT2D eigenvalue weighted by Crippen LogP contribution is -1.94. The first-order chi connectivity index (χ1) is 6.16. The highest BCUT2D eigenvalue weighted by molar-refractivity contribution is 8.93. The molecule has 0 aromatic carbocycles. The first-order valence-corrected chi connectivity index (χ1v) is 3.92. The zero-order valence-electron chi connectivity index (χ0n) is 7.35. The molecule has 2 aromatic rings. The van der Waals surface area contributed by atoms with E-state index in [1.165, 1.54) is 6.20 Å². The number of aromatic carboxylic acids is 1. The molecule has 2 aromatic heterocycles. The molecular weight excluding hydrogens is 287 g/mol. The largest absolute Gasteiger partial charge is 0.476 e. The topological polar surface area (TPSA) is 86.1 Å². The maximum Gasteiger partial charge on any atom is 0.356 e. The lowest BCUT2D eigenvalue weighted by Gasteiger charge is -1.91. The Bertz CT molecular complexity index is 486. The molecule has 0 saturated heterocycles. The van der Waals surface area contributed by atoms with Gasteiger partial charge in [-0.25, -0.2) is 9.78 Å². The number of pyridine rings is 1. The van der Waals surface area contributed by atoms with E-state index in [1.54, 1.807) is 22.7 Å². The second-order valence-electron chi connectivity index (χ2n) is 2.54. The average Bonchev–Trinajstić information content (AvgIpc) is 2.46. The summed E-state index contributed by atoms with van der Waals surface area (Å²) in [5.41, 5.74) is 0.587. The molecule has 82 valence electrons. The molecule has 5 nitrogen and oxygen atoms in total. The summed E-state index contributed by atoms with van der Waals surface area (Å²) in [4.78, 5) is 14.4. The van der Waals surface area contributed by atoms with Crippen molar-refractivity contribution in [1.29, 1.82) is 0 Å². The fraction of sp³-hybridized carbons (Fsp3) is 0. The molecule has 0 atom stereocenters. The number of hydrogen-bond acceptors (Lipinski definition) is 2. The van der Waals surface area contributed by atoms with E-state index >= 15 is 0 Å². The van der Waals surface area contributed by atoms with Gasteiger partial charge in [-0.15, -0.1) is 17.0 Å². The fourth-order valence-electron chi connectivity index (χ4n) is 1.07. The van der Waals surface area contributed by atoms with Crippen LogP contribution >= 0.6 is 28.6 Å². The maximum atomic E-state index is 10.5. The molecule has 3 N–H and O–H groups in total. The predicted molar refractivity (Wildman–Crippen MR) is 61.1 cm³/mol. The number of rotatable bonds is 1. The van der Waals surface area contributed by atoms with Crippen LogP contribution in [0.3, 0.4) is 0 Å². The molecule has 0 unspecified atom stereocenters. The molecular formula is C8H8BrClN2O3. The lowest BCUT2D eigenvalue weighted by atomic mass is 10.5. The molecule has 0 spiro atoms. The van der Waals surface area contributed by atoms with Gasteiger partial charge < -0.3 is 15.0 Å². The van der Waals surface area contributed by atoms with Crippen molar-refractivity contribution < 1.29 is 15.4 Å². The minimum Gasteiger partial charge on any atom is -0.476 e. The van der Waals surface area contributed by atoms with Gasteiger partial charge in [-0.2, -0.15) is 0 Å². The van der Waals surface area contributed by atoms with E-state index in [4.69, 9.17) is 16.7 Å². The van der Waals surface area contributed by atoms with Crippen LogP contribution in [0.25, 0.3) is 5.65 Å². The SMILES string of the molecule is Br.O.O=C(O)c1cn2cc(Cl)ccc2n1. The average molecular weight is 296 g/mol. The van der Waals surface area contributed by atoms with Gasteiger partial charge in [0, 0.05) is 12.4 Å². The number of fused-ring (bicyclic) bond motifs is 1. The number of halogens is 2. The van der Waals surface area contributed by atoms with Crippen LogP contribution in [0.4, 0.5) is 0 Å². The van der Waals surface area contributed by atoms with E-state index in [2.05, 4.69) is 4.98 Å². The minimum atomic E-state index is -1.04. The van der Waals surface area contributed by atoms with Gasteiger partial charge in [-0.1, -0.05) is 11.6 Å². The van der Waals surface area contributed by atoms with Gasteiger partial charge in [-0.05, 0) is 12.1 Å². The quantitative estimate of drug-likeness (QED) is 0.863. The van der Waals surface area contributed by atoms with Crippen molar-refractivity contribution in [2.24, 2.45) is 0 Å². The van der Waals surface area contributed by atoms with Gasteiger partial charge in [0.05, 0.1) is 5.02 Å². The van der Waals surface area contributed by atoms with Gasteiger partial charge in [0.1, 0.15) is 5.65 Å². The smallest absolute Gasteiger partial charge is 0.356 e. The Morgan fingerprint density at radius 3 is 2.67 bits per heavy atom. The molecule has 2 rings (SSSR count). The van der Waals surface area contributed by atoms with Gasteiger partial charge in [-0.3, -0.25) is 0 Å². The van der Waals surface area contributed by atoms with Crippen molar-refractivity contribution in [1.82, 2.24) is 9.38 Å². The number of imidazole rings is 1. The zero-order chi connectivity index (χ0) is 9.42. The Kier molecular flexibility index (Phi) is 4.73. The van der Waals surface area contributed by atoms with Crippen LogP contribution in [0.15, 0.2) is 24.5 Å². The second kappa shape index (κ2) is 5.11. The molecule has 0 fully saturated rings. The minimum absolute atomic E-state index is 0. The number of aromatic nitrogens is 2.